The van der Waals surface area contributed by atoms with Crippen LogP contribution in [-0.2, 0) is 0 Å². The molecule has 0 bridgehead atoms. The molecule has 110 valence electrons. The highest BCUT2D eigenvalue weighted by Gasteiger charge is 2.32. The van der Waals surface area contributed by atoms with Crippen molar-refractivity contribution in [2.75, 3.05) is 0 Å². The van der Waals surface area contributed by atoms with Crippen LogP contribution >= 0.6 is 0 Å². The molecule has 0 amide bonds. The number of hydrogen-bond donors (Lipinski definition) is 0. The van der Waals surface area contributed by atoms with Crippen molar-refractivity contribution in [2.24, 2.45) is 17.8 Å². The normalized spacial score (nSPS) is 26.6. The molecular weight excluding hydrogens is 248 g/mol. The van der Waals surface area contributed by atoms with Gasteiger partial charge < -0.3 is 4.74 Å². The lowest BCUT2D eigenvalue weighted by Gasteiger charge is -2.37. The van der Waals surface area contributed by atoms with Gasteiger partial charge in [0.2, 0.25) is 0 Å². The minimum absolute atomic E-state index is 0.236. The summed E-state index contributed by atoms with van der Waals surface area (Å²) < 4.78 is 6.25. The molecule has 0 radical (unpaired) electrons. The first-order chi connectivity index (χ1) is 9.51. The van der Waals surface area contributed by atoms with Crippen molar-refractivity contribution in [3.63, 3.8) is 0 Å². The topological polar surface area (TPSA) is 26.3 Å². The van der Waals surface area contributed by atoms with E-state index in [9.17, 15) is 4.79 Å². The second-order valence-electron chi connectivity index (χ2n) is 6.64. The molecule has 2 heteroatoms. The summed E-state index contributed by atoms with van der Waals surface area (Å²) in [6, 6.07) is 5.85. The average molecular weight is 274 g/mol. The lowest BCUT2D eigenvalue weighted by atomic mass is 9.75. The first-order valence-electron chi connectivity index (χ1n) is 7.73. The maximum absolute atomic E-state index is 11.2. The van der Waals surface area contributed by atoms with Crippen molar-refractivity contribution >= 4 is 6.29 Å². The van der Waals surface area contributed by atoms with Crippen molar-refractivity contribution in [2.45, 2.75) is 53.1 Å². The predicted molar refractivity (Wildman–Crippen MR) is 82.3 cm³/mol. The Hall–Kier alpha value is -1.31. The predicted octanol–water partition coefficient (Wildman–Crippen LogP) is 4.65. The molecule has 3 unspecified atom stereocenters. The number of aldehydes is 1. The molecule has 20 heavy (non-hydrogen) atoms. The third kappa shape index (κ3) is 3.41. The number of aryl methyl sites for hydroxylation is 1. The van der Waals surface area contributed by atoms with Gasteiger partial charge in [0.1, 0.15) is 11.9 Å². The lowest BCUT2D eigenvalue weighted by Crippen LogP contribution is -2.36. The van der Waals surface area contributed by atoms with Crippen molar-refractivity contribution in [3.8, 4) is 5.75 Å². The summed E-state index contributed by atoms with van der Waals surface area (Å²) in [6.45, 7) is 8.83. The average Bonchev–Trinajstić information content (AvgIpc) is 2.40. The molecule has 2 rings (SSSR count). The van der Waals surface area contributed by atoms with Gasteiger partial charge in [-0.1, -0.05) is 38.8 Å². The molecule has 1 aliphatic carbocycles. The van der Waals surface area contributed by atoms with E-state index in [4.69, 9.17) is 4.74 Å². The van der Waals surface area contributed by atoms with E-state index in [1.54, 1.807) is 0 Å². The fraction of sp³-hybridized carbons (Fsp3) is 0.611. The Morgan fingerprint density at radius 3 is 2.70 bits per heavy atom. The van der Waals surface area contributed by atoms with Crippen LogP contribution in [0.25, 0.3) is 0 Å². The number of carbonyl (C=O) groups is 1. The van der Waals surface area contributed by atoms with E-state index in [0.717, 1.165) is 24.0 Å². The summed E-state index contributed by atoms with van der Waals surface area (Å²) in [5.41, 5.74) is 1.77. The highest BCUT2D eigenvalue weighted by atomic mass is 16.5. The molecule has 3 atom stereocenters. The van der Waals surface area contributed by atoms with Crippen LogP contribution in [0.1, 0.15) is 56.0 Å². The Bertz CT molecular complexity index is 464. The smallest absolute Gasteiger partial charge is 0.153 e. The zero-order valence-electron chi connectivity index (χ0n) is 13.1. The van der Waals surface area contributed by atoms with Crippen LogP contribution in [0.5, 0.6) is 5.75 Å². The molecule has 1 fully saturated rings. The Balaban J connectivity index is 2.19. The first kappa shape index (κ1) is 15.1. The third-order valence-electron chi connectivity index (χ3n) is 4.53. The van der Waals surface area contributed by atoms with E-state index in [1.807, 2.05) is 25.1 Å². The Labute approximate surface area is 122 Å². The molecular formula is C18H26O2. The largest absolute Gasteiger partial charge is 0.489 e. The SMILES string of the molecule is Cc1ccc(OC2CC(C)CCC2C(C)C)c(C=O)c1. The number of hydrogen-bond acceptors (Lipinski definition) is 2. The second-order valence-corrected chi connectivity index (χ2v) is 6.64. The van der Waals surface area contributed by atoms with Gasteiger partial charge in [-0.25, -0.2) is 0 Å². The van der Waals surface area contributed by atoms with Crippen LogP contribution < -0.4 is 4.74 Å². The van der Waals surface area contributed by atoms with E-state index in [-0.39, 0.29) is 6.10 Å². The molecule has 1 saturated carbocycles. The van der Waals surface area contributed by atoms with Gasteiger partial charge in [0.05, 0.1) is 5.56 Å². The van der Waals surface area contributed by atoms with Crippen molar-refractivity contribution < 1.29 is 9.53 Å². The zero-order valence-corrected chi connectivity index (χ0v) is 13.1. The van der Waals surface area contributed by atoms with Crippen molar-refractivity contribution in [1.29, 1.82) is 0 Å². The summed E-state index contributed by atoms with van der Waals surface area (Å²) in [4.78, 5) is 11.2. The molecule has 0 aliphatic heterocycles. The Morgan fingerprint density at radius 1 is 1.30 bits per heavy atom. The maximum atomic E-state index is 11.2. The van der Waals surface area contributed by atoms with Crippen molar-refractivity contribution in [1.82, 2.24) is 0 Å². The molecule has 0 aromatic heterocycles. The van der Waals surface area contributed by atoms with Crippen molar-refractivity contribution in [3.05, 3.63) is 29.3 Å². The van der Waals surface area contributed by atoms with Gasteiger partial charge in [0.25, 0.3) is 0 Å². The minimum Gasteiger partial charge on any atom is -0.489 e. The fourth-order valence-electron chi connectivity index (χ4n) is 3.28. The van der Waals surface area contributed by atoms with Gasteiger partial charge in [0.15, 0.2) is 6.29 Å². The molecule has 0 heterocycles. The van der Waals surface area contributed by atoms with E-state index < -0.39 is 0 Å². The van der Waals surface area contributed by atoms with Gasteiger partial charge in [-0.05, 0) is 49.7 Å². The third-order valence-corrected chi connectivity index (χ3v) is 4.53. The van der Waals surface area contributed by atoms with E-state index >= 15 is 0 Å². The zero-order chi connectivity index (χ0) is 14.7. The van der Waals surface area contributed by atoms with E-state index in [1.165, 1.54) is 12.8 Å². The fourth-order valence-corrected chi connectivity index (χ4v) is 3.28. The number of ether oxygens (including phenoxy) is 1. The molecule has 0 spiro atoms. The molecule has 1 aromatic carbocycles. The summed E-state index contributed by atoms with van der Waals surface area (Å²) in [7, 11) is 0. The van der Waals surface area contributed by atoms with Crippen LogP contribution in [0.3, 0.4) is 0 Å². The van der Waals surface area contributed by atoms with Gasteiger partial charge in [-0.15, -0.1) is 0 Å². The van der Waals surface area contributed by atoms with Gasteiger partial charge in [0, 0.05) is 0 Å². The lowest BCUT2D eigenvalue weighted by molar-refractivity contribution is 0.0454. The first-order valence-corrected chi connectivity index (χ1v) is 7.73. The van der Waals surface area contributed by atoms with Gasteiger partial charge >= 0.3 is 0 Å². The molecule has 0 saturated heterocycles. The maximum Gasteiger partial charge on any atom is 0.153 e. The van der Waals surface area contributed by atoms with Crippen LogP contribution in [0.2, 0.25) is 0 Å². The second kappa shape index (κ2) is 6.43. The molecule has 2 nitrogen and oxygen atoms in total. The summed E-state index contributed by atoms with van der Waals surface area (Å²) in [5, 5.41) is 0. The van der Waals surface area contributed by atoms with Gasteiger partial charge in [-0.2, -0.15) is 0 Å². The summed E-state index contributed by atoms with van der Waals surface area (Å²) in [6.07, 6.45) is 4.75. The number of rotatable bonds is 4. The summed E-state index contributed by atoms with van der Waals surface area (Å²) in [5.74, 6) is 2.67. The number of carbonyl (C=O) groups excluding carboxylic acids is 1. The van der Waals surface area contributed by atoms with E-state index in [0.29, 0.717) is 23.3 Å². The highest BCUT2D eigenvalue weighted by Crippen LogP contribution is 2.36. The molecule has 0 N–H and O–H groups in total. The standard InChI is InChI=1S/C18H26O2/c1-12(2)16-7-5-14(4)10-18(16)20-17-8-6-13(3)9-15(17)11-19/h6,8-9,11-12,14,16,18H,5,7,10H2,1-4H3. The van der Waals surface area contributed by atoms with Gasteiger partial charge in [-0.3, -0.25) is 4.79 Å². The summed E-state index contributed by atoms with van der Waals surface area (Å²) >= 11 is 0. The number of benzene rings is 1. The molecule has 1 aliphatic rings. The quantitative estimate of drug-likeness (QED) is 0.747. The van der Waals surface area contributed by atoms with Crippen LogP contribution in [0, 0.1) is 24.7 Å². The monoisotopic (exact) mass is 274 g/mol. The van der Waals surface area contributed by atoms with Crippen LogP contribution in [-0.4, -0.2) is 12.4 Å². The highest BCUT2D eigenvalue weighted by molar-refractivity contribution is 5.79. The minimum atomic E-state index is 0.236. The Morgan fingerprint density at radius 2 is 2.05 bits per heavy atom. The van der Waals surface area contributed by atoms with Crippen LogP contribution in [0.15, 0.2) is 18.2 Å². The van der Waals surface area contributed by atoms with Crippen LogP contribution in [0.4, 0.5) is 0 Å². The molecule has 1 aromatic rings. The van der Waals surface area contributed by atoms with E-state index in [2.05, 4.69) is 20.8 Å². The Kier molecular flexibility index (Phi) is 4.85.